The van der Waals surface area contributed by atoms with Gasteiger partial charge in [0.1, 0.15) is 29.0 Å². The molecule has 1 aromatic heterocycles. The first-order valence-corrected chi connectivity index (χ1v) is 12.5. The Labute approximate surface area is 214 Å². The molecule has 11 heteroatoms. The summed E-state index contributed by atoms with van der Waals surface area (Å²) in [5.41, 5.74) is -1.02. The van der Waals surface area contributed by atoms with Gasteiger partial charge in [0.05, 0.1) is 6.61 Å². The van der Waals surface area contributed by atoms with Crippen LogP contribution in [-0.4, -0.2) is 40.4 Å². The maximum absolute atomic E-state index is 15.1. The molecule has 2 aliphatic rings. The number of carbonyl (C=O) groups excluding carboxylic acids is 2. The van der Waals surface area contributed by atoms with Gasteiger partial charge in [-0.2, -0.15) is 0 Å². The Bertz CT molecular complexity index is 1430. The van der Waals surface area contributed by atoms with Gasteiger partial charge in [0, 0.05) is 47.3 Å². The number of hydrogen-bond donors (Lipinski definition) is 3. The van der Waals surface area contributed by atoms with Crippen molar-refractivity contribution in [2.75, 3.05) is 17.7 Å². The van der Waals surface area contributed by atoms with Crippen molar-refractivity contribution in [3.05, 3.63) is 100.0 Å². The second kappa shape index (κ2) is 10.3. The van der Waals surface area contributed by atoms with E-state index in [1.165, 1.54) is 36.3 Å². The van der Waals surface area contributed by atoms with E-state index in [9.17, 15) is 18.8 Å². The summed E-state index contributed by atoms with van der Waals surface area (Å²) in [6.07, 6.45) is 2.08. The van der Waals surface area contributed by atoms with Crippen LogP contribution >= 0.6 is 11.8 Å². The Hall–Kier alpha value is -3.83. The third-order valence-corrected chi connectivity index (χ3v) is 7.46. The summed E-state index contributed by atoms with van der Waals surface area (Å²) in [5.74, 6) is -2.40. The molecule has 3 N–H and O–H groups in total. The quantitative estimate of drug-likeness (QED) is 0.484. The van der Waals surface area contributed by atoms with Crippen LogP contribution < -0.4 is 16.1 Å². The van der Waals surface area contributed by atoms with Gasteiger partial charge < -0.3 is 20.4 Å². The lowest BCUT2D eigenvalue weighted by Gasteiger charge is -2.46. The number of aliphatic imine (C=N–C) groups is 1. The number of amides is 2. The van der Waals surface area contributed by atoms with Crippen molar-refractivity contribution < 1.29 is 23.1 Å². The van der Waals surface area contributed by atoms with E-state index in [2.05, 4.69) is 15.6 Å². The smallest absolute Gasteiger partial charge is 0.257 e. The largest absolute Gasteiger partial charge is 0.366 e. The highest BCUT2D eigenvalue weighted by atomic mass is 32.2. The molecule has 2 aromatic carbocycles. The minimum Gasteiger partial charge on any atom is -0.366 e. The lowest BCUT2D eigenvalue weighted by atomic mass is 9.75. The number of benzene rings is 2. The summed E-state index contributed by atoms with van der Waals surface area (Å²) in [5, 5.41) is 5.61. The van der Waals surface area contributed by atoms with Crippen LogP contribution in [0.3, 0.4) is 0 Å². The van der Waals surface area contributed by atoms with E-state index in [0.717, 1.165) is 12.1 Å². The number of ether oxygens (including phenoxy) is 1. The molecule has 3 unspecified atom stereocenters. The van der Waals surface area contributed by atoms with Crippen LogP contribution in [0.25, 0.3) is 0 Å². The maximum Gasteiger partial charge on any atom is 0.257 e. The minimum absolute atomic E-state index is 0.0828. The van der Waals surface area contributed by atoms with Gasteiger partial charge >= 0.3 is 0 Å². The molecule has 0 saturated carbocycles. The van der Waals surface area contributed by atoms with Crippen molar-refractivity contribution in [1.82, 2.24) is 10.3 Å². The second-order valence-electron chi connectivity index (χ2n) is 8.74. The molecule has 3 heterocycles. The fourth-order valence-corrected chi connectivity index (χ4v) is 5.68. The number of amidine groups is 1. The maximum atomic E-state index is 15.1. The van der Waals surface area contributed by atoms with Crippen LogP contribution in [0.15, 0.2) is 76.8 Å². The van der Waals surface area contributed by atoms with Crippen molar-refractivity contribution in [3.8, 4) is 0 Å². The van der Waals surface area contributed by atoms with Crippen LogP contribution in [0.5, 0.6) is 0 Å². The summed E-state index contributed by atoms with van der Waals surface area (Å²) < 4.78 is 34.7. The Morgan fingerprint density at radius 2 is 1.92 bits per heavy atom. The Morgan fingerprint density at radius 1 is 1.11 bits per heavy atom. The van der Waals surface area contributed by atoms with Gasteiger partial charge in [-0.15, -0.1) is 0 Å². The van der Waals surface area contributed by atoms with Gasteiger partial charge in [0.15, 0.2) is 5.17 Å². The van der Waals surface area contributed by atoms with Crippen molar-refractivity contribution in [1.29, 1.82) is 0 Å². The summed E-state index contributed by atoms with van der Waals surface area (Å²) in [6.45, 7) is -0.186. The first-order valence-electron chi connectivity index (χ1n) is 11.5. The van der Waals surface area contributed by atoms with Gasteiger partial charge in [-0.05, 0) is 24.6 Å². The highest BCUT2D eigenvalue weighted by molar-refractivity contribution is 8.13. The molecule has 1 fully saturated rings. The average Bonchev–Trinajstić information content (AvgIpc) is 2.90. The molecule has 3 atom stereocenters. The number of rotatable bonds is 4. The molecular weight excluding hydrogens is 502 g/mol. The van der Waals surface area contributed by atoms with Gasteiger partial charge in [-0.1, -0.05) is 36.0 Å². The highest BCUT2D eigenvalue weighted by Crippen LogP contribution is 2.47. The average molecular weight is 525 g/mol. The van der Waals surface area contributed by atoms with Crippen molar-refractivity contribution >= 4 is 34.4 Å². The fraction of sp³-hybridized carbons (Fsp3) is 0.231. The van der Waals surface area contributed by atoms with Gasteiger partial charge in [0.25, 0.3) is 11.8 Å². The molecule has 0 radical (unpaired) electrons. The molecule has 190 valence electrons. The molecule has 2 aliphatic heterocycles. The van der Waals surface area contributed by atoms with Crippen LogP contribution in [0.4, 0.5) is 14.5 Å². The number of nitrogens with zero attached hydrogens (tertiary/aromatic N) is 1. The monoisotopic (exact) mass is 524 g/mol. The van der Waals surface area contributed by atoms with Crippen LogP contribution in [0.2, 0.25) is 0 Å². The molecule has 1 saturated heterocycles. The SMILES string of the molecule is O=C(NC1=NC2(c3ccc(F)cc3F)COC(C(=O)Nc3c[nH]ccc3=O)CC2CS1)c1ccccc1. The zero-order chi connectivity index (χ0) is 26.0. The molecule has 5 rings (SSSR count). The molecule has 0 aliphatic carbocycles. The topological polar surface area (TPSA) is 113 Å². The number of aromatic amines is 1. The lowest BCUT2D eigenvalue weighted by molar-refractivity contribution is -0.136. The van der Waals surface area contributed by atoms with E-state index in [1.54, 1.807) is 30.3 Å². The molecule has 8 nitrogen and oxygen atoms in total. The Kier molecular flexibility index (Phi) is 6.90. The molecule has 2 amide bonds. The third kappa shape index (κ3) is 5.05. The summed E-state index contributed by atoms with van der Waals surface area (Å²) >= 11 is 1.27. The van der Waals surface area contributed by atoms with E-state index >= 15 is 4.39 Å². The highest BCUT2D eigenvalue weighted by Gasteiger charge is 2.51. The van der Waals surface area contributed by atoms with Gasteiger partial charge in [-0.25, -0.2) is 13.8 Å². The second-order valence-corrected chi connectivity index (χ2v) is 9.75. The molecule has 37 heavy (non-hydrogen) atoms. The van der Waals surface area contributed by atoms with E-state index in [0.29, 0.717) is 11.3 Å². The number of hydrogen-bond acceptors (Lipinski definition) is 6. The van der Waals surface area contributed by atoms with Gasteiger partial charge in [0.2, 0.25) is 5.43 Å². The summed E-state index contributed by atoms with van der Waals surface area (Å²) in [4.78, 5) is 45.1. The Morgan fingerprint density at radius 3 is 2.68 bits per heavy atom. The third-order valence-electron chi connectivity index (χ3n) is 6.43. The first kappa shape index (κ1) is 24.8. The van der Waals surface area contributed by atoms with Crippen LogP contribution in [0.1, 0.15) is 22.3 Å². The number of carbonyl (C=O) groups is 2. The van der Waals surface area contributed by atoms with Crippen LogP contribution in [0, 0.1) is 17.6 Å². The zero-order valence-electron chi connectivity index (χ0n) is 19.4. The van der Waals surface area contributed by atoms with Crippen molar-refractivity contribution in [2.45, 2.75) is 18.1 Å². The number of pyridine rings is 1. The number of anilines is 1. The van der Waals surface area contributed by atoms with Crippen molar-refractivity contribution in [2.24, 2.45) is 10.9 Å². The normalized spacial score (nSPS) is 22.9. The van der Waals surface area contributed by atoms with Crippen molar-refractivity contribution in [3.63, 3.8) is 0 Å². The predicted octanol–water partition coefficient (Wildman–Crippen LogP) is 3.43. The van der Waals surface area contributed by atoms with E-state index in [1.807, 2.05) is 0 Å². The summed E-state index contributed by atoms with van der Waals surface area (Å²) in [7, 11) is 0. The molecule has 0 bridgehead atoms. The first-order chi connectivity index (χ1) is 17.9. The number of nitrogens with one attached hydrogen (secondary N) is 3. The number of thioether (sulfide) groups is 1. The molecule has 3 aromatic rings. The molecular formula is C26H22F2N4O4S. The standard InChI is InChI=1S/C26H22F2N4O4S/c27-17-6-7-18(19(28)11-17)26-14-36-22(24(35)30-20-12-29-9-8-21(20)33)10-16(26)13-37-25(32-26)31-23(34)15-4-2-1-3-5-15/h1-9,11-12,16,22H,10,13-14H2,(H,29,33)(H,30,35)(H,31,32,34). The van der Waals surface area contributed by atoms with E-state index in [4.69, 9.17) is 9.73 Å². The van der Waals surface area contributed by atoms with Crippen LogP contribution in [-0.2, 0) is 15.1 Å². The number of aromatic nitrogens is 1. The fourth-order valence-electron chi connectivity index (χ4n) is 4.52. The van der Waals surface area contributed by atoms with E-state index < -0.39 is 29.2 Å². The number of fused-ring (bicyclic) bond motifs is 1. The minimum atomic E-state index is -1.29. The lowest BCUT2D eigenvalue weighted by Crippen LogP contribution is -2.53. The summed E-state index contributed by atoms with van der Waals surface area (Å²) in [6, 6.07) is 13.1. The zero-order valence-corrected chi connectivity index (χ0v) is 20.2. The number of halogens is 2. The predicted molar refractivity (Wildman–Crippen MR) is 135 cm³/mol. The molecule has 0 spiro atoms. The van der Waals surface area contributed by atoms with Gasteiger partial charge in [-0.3, -0.25) is 14.4 Å². The number of H-pyrrole nitrogens is 1. The van der Waals surface area contributed by atoms with E-state index in [-0.39, 0.29) is 46.7 Å². The Balaban J connectivity index is 1.44.